The maximum Gasteiger partial charge on any atom is 0.227 e. The van der Waals surface area contributed by atoms with Gasteiger partial charge in [-0.1, -0.05) is 19.1 Å². The average Bonchev–Trinajstić information content (AvgIpc) is 3.15. The average molecular weight is 319 g/mol. The molecule has 0 N–H and O–H groups in total. The largest absolute Gasteiger partial charge is 0.436 e. The number of para-hydroxylation sites is 2. The minimum Gasteiger partial charge on any atom is -0.436 e. The highest BCUT2D eigenvalue weighted by atomic mass is 16.3. The number of fused-ring (bicyclic) bond motifs is 2. The second-order valence-corrected chi connectivity index (χ2v) is 6.07. The summed E-state index contributed by atoms with van der Waals surface area (Å²) in [6.07, 6.45) is 0.970. The molecule has 24 heavy (non-hydrogen) atoms. The Morgan fingerprint density at radius 2 is 2.00 bits per heavy atom. The first kappa shape index (κ1) is 14.6. The molecule has 1 unspecified atom stereocenters. The van der Waals surface area contributed by atoms with Crippen LogP contribution in [0.25, 0.3) is 33.6 Å². The van der Waals surface area contributed by atoms with Crippen LogP contribution < -0.4 is 0 Å². The summed E-state index contributed by atoms with van der Waals surface area (Å²) in [4.78, 5) is 20.1. The zero-order valence-corrected chi connectivity index (χ0v) is 13.6. The van der Waals surface area contributed by atoms with E-state index < -0.39 is 0 Å². The standard InChI is InChI=1S/C19H17N3O2/c1-12(11-23)10-22-13(2)20-16-9-14(7-8-17(16)22)19-21-15-5-3-4-6-18(15)24-19/h3-9,11-12H,10H2,1-2H3. The van der Waals surface area contributed by atoms with Gasteiger partial charge in [0.15, 0.2) is 5.58 Å². The number of aryl methyl sites for hydroxylation is 1. The van der Waals surface area contributed by atoms with Crippen LogP contribution in [0, 0.1) is 12.8 Å². The molecule has 0 fully saturated rings. The molecular formula is C19H17N3O2. The molecule has 1 atom stereocenters. The zero-order valence-electron chi connectivity index (χ0n) is 13.6. The summed E-state index contributed by atoms with van der Waals surface area (Å²) in [7, 11) is 0. The van der Waals surface area contributed by atoms with Gasteiger partial charge in [-0.2, -0.15) is 0 Å². The van der Waals surface area contributed by atoms with E-state index in [1.54, 1.807) is 0 Å². The molecule has 4 aromatic rings. The summed E-state index contributed by atoms with van der Waals surface area (Å²) in [5.41, 5.74) is 4.40. The molecule has 0 aliphatic rings. The fourth-order valence-corrected chi connectivity index (χ4v) is 2.94. The lowest BCUT2D eigenvalue weighted by atomic mass is 10.2. The van der Waals surface area contributed by atoms with Crippen LogP contribution in [-0.2, 0) is 11.3 Å². The smallest absolute Gasteiger partial charge is 0.227 e. The van der Waals surface area contributed by atoms with Gasteiger partial charge in [-0.05, 0) is 37.3 Å². The van der Waals surface area contributed by atoms with Crippen molar-refractivity contribution in [3.8, 4) is 11.5 Å². The predicted molar refractivity (Wildman–Crippen MR) is 92.7 cm³/mol. The van der Waals surface area contributed by atoms with E-state index in [1.165, 1.54) is 0 Å². The molecule has 0 bridgehead atoms. The maximum atomic E-state index is 10.9. The van der Waals surface area contributed by atoms with Gasteiger partial charge < -0.3 is 13.8 Å². The van der Waals surface area contributed by atoms with Crippen molar-refractivity contribution >= 4 is 28.4 Å². The Morgan fingerprint density at radius 1 is 1.17 bits per heavy atom. The van der Waals surface area contributed by atoms with Gasteiger partial charge in [-0.25, -0.2) is 9.97 Å². The summed E-state index contributed by atoms with van der Waals surface area (Å²) in [5, 5.41) is 0. The first-order valence-electron chi connectivity index (χ1n) is 7.94. The second kappa shape index (κ2) is 5.60. The van der Waals surface area contributed by atoms with Crippen molar-refractivity contribution in [2.45, 2.75) is 20.4 Å². The highest BCUT2D eigenvalue weighted by Crippen LogP contribution is 2.27. The number of benzene rings is 2. The third kappa shape index (κ3) is 2.38. The van der Waals surface area contributed by atoms with E-state index in [9.17, 15) is 4.79 Å². The molecule has 2 aromatic carbocycles. The van der Waals surface area contributed by atoms with Gasteiger partial charge in [0.2, 0.25) is 5.89 Å². The van der Waals surface area contributed by atoms with E-state index in [1.807, 2.05) is 56.3 Å². The van der Waals surface area contributed by atoms with Crippen molar-refractivity contribution in [2.24, 2.45) is 5.92 Å². The van der Waals surface area contributed by atoms with Crippen molar-refractivity contribution in [2.75, 3.05) is 0 Å². The maximum absolute atomic E-state index is 10.9. The van der Waals surface area contributed by atoms with Crippen molar-refractivity contribution in [3.63, 3.8) is 0 Å². The number of carbonyl (C=O) groups is 1. The first-order valence-corrected chi connectivity index (χ1v) is 7.94. The molecule has 0 aliphatic heterocycles. The van der Waals surface area contributed by atoms with Gasteiger partial charge in [0.05, 0.1) is 11.0 Å². The fourth-order valence-electron chi connectivity index (χ4n) is 2.94. The Balaban J connectivity index is 1.79. The lowest BCUT2D eigenvalue weighted by Crippen LogP contribution is -2.09. The van der Waals surface area contributed by atoms with Crippen molar-refractivity contribution in [3.05, 3.63) is 48.3 Å². The molecule has 5 heteroatoms. The van der Waals surface area contributed by atoms with E-state index in [-0.39, 0.29) is 5.92 Å². The Labute approximate surface area is 138 Å². The predicted octanol–water partition coefficient (Wildman–Crippen LogP) is 3.99. The summed E-state index contributed by atoms with van der Waals surface area (Å²) in [5.74, 6) is 1.44. The fraction of sp³-hybridized carbons (Fsp3) is 0.211. The zero-order chi connectivity index (χ0) is 16.7. The Morgan fingerprint density at radius 3 is 2.79 bits per heavy atom. The molecule has 120 valence electrons. The quantitative estimate of drug-likeness (QED) is 0.534. The molecular weight excluding hydrogens is 302 g/mol. The van der Waals surface area contributed by atoms with Crippen LogP contribution in [0.5, 0.6) is 0 Å². The normalized spacial score (nSPS) is 12.8. The van der Waals surface area contributed by atoms with Gasteiger partial charge in [0.25, 0.3) is 0 Å². The molecule has 0 aliphatic carbocycles. The van der Waals surface area contributed by atoms with E-state index in [0.29, 0.717) is 12.4 Å². The van der Waals surface area contributed by atoms with Crippen LogP contribution in [0.4, 0.5) is 0 Å². The number of hydrogen-bond acceptors (Lipinski definition) is 4. The lowest BCUT2D eigenvalue weighted by molar-refractivity contribution is -0.110. The Kier molecular flexibility index (Phi) is 3.41. The molecule has 0 saturated heterocycles. The second-order valence-electron chi connectivity index (χ2n) is 6.07. The van der Waals surface area contributed by atoms with E-state index in [4.69, 9.17) is 4.42 Å². The number of imidazole rings is 1. The minimum absolute atomic E-state index is 0.0437. The monoisotopic (exact) mass is 319 g/mol. The molecule has 2 heterocycles. The van der Waals surface area contributed by atoms with Gasteiger partial charge >= 0.3 is 0 Å². The molecule has 4 rings (SSSR count). The van der Waals surface area contributed by atoms with E-state index >= 15 is 0 Å². The van der Waals surface area contributed by atoms with Crippen molar-refractivity contribution in [1.29, 1.82) is 0 Å². The molecule has 2 aromatic heterocycles. The van der Waals surface area contributed by atoms with E-state index in [2.05, 4.69) is 14.5 Å². The van der Waals surface area contributed by atoms with Crippen molar-refractivity contribution in [1.82, 2.24) is 14.5 Å². The molecule has 0 saturated carbocycles. The lowest BCUT2D eigenvalue weighted by Gasteiger charge is -2.08. The van der Waals surface area contributed by atoms with Crippen LogP contribution in [0.1, 0.15) is 12.7 Å². The highest BCUT2D eigenvalue weighted by Gasteiger charge is 2.13. The third-order valence-electron chi connectivity index (χ3n) is 4.18. The van der Waals surface area contributed by atoms with Crippen LogP contribution >= 0.6 is 0 Å². The van der Waals surface area contributed by atoms with Crippen molar-refractivity contribution < 1.29 is 9.21 Å². The van der Waals surface area contributed by atoms with Gasteiger partial charge in [0, 0.05) is 18.0 Å². The molecule has 0 spiro atoms. The topological polar surface area (TPSA) is 60.9 Å². The summed E-state index contributed by atoms with van der Waals surface area (Å²) >= 11 is 0. The van der Waals surface area contributed by atoms with Crippen LogP contribution in [-0.4, -0.2) is 20.8 Å². The minimum atomic E-state index is -0.0437. The van der Waals surface area contributed by atoms with E-state index in [0.717, 1.165) is 39.8 Å². The number of aldehydes is 1. The Bertz CT molecular complexity index is 1010. The van der Waals surface area contributed by atoms with Gasteiger partial charge in [0.1, 0.15) is 17.6 Å². The molecule has 0 amide bonds. The summed E-state index contributed by atoms with van der Waals surface area (Å²) in [6, 6.07) is 13.7. The number of carbonyl (C=O) groups excluding carboxylic acids is 1. The number of aromatic nitrogens is 3. The number of hydrogen-bond donors (Lipinski definition) is 0. The first-order chi connectivity index (χ1) is 11.7. The van der Waals surface area contributed by atoms with Gasteiger partial charge in [-0.15, -0.1) is 0 Å². The number of nitrogens with zero attached hydrogens (tertiary/aromatic N) is 3. The summed E-state index contributed by atoms with van der Waals surface area (Å²) < 4.78 is 7.90. The summed E-state index contributed by atoms with van der Waals surface area (Å²) in [6.45, 7) is 4.50. The third-order valence-corrected chi connectivity index (χ3v) is 4.18. The molecule has 5 nitrogen and oxygen atoms in total. The Hall–Kier alpha value is -2.95. The SMILES string of the molecule is Cc1nc2cc(-c3nc4ccccc4o3)ccc2n1CC(C)C=O. The molecule has 0 radical (unpaired) electrons. The highest BCUT2D eigenvalue weighted by molar-refractivity contribution is 5.83. The van der Waals surface area contributed by atoms with Gasteiger partial charge in [-0.3, -0.25) is 0 Å². The van der Waals surface area contributed by atoms with Crippen LogP contribution in [0.3, 0.4) is 0 Å². The number of rotatable bonds is 4. The van der Waals surface area contributed by atoms with Crippen LogP contribution in [0.2, 0.25) is 0 Å². The van der Waals surface area contributed by atoms with Crippen LogP contribution in [0.15, 0.2) is 46.9 Å². The number of oxazole rings is 1.